The molecule has 2 aromatic heterocycles. The zero-order chi connectivity index (χ0) is 21.6. The molecule has 0 atom stereocenters. The molecule has 1 N–H and O–H groups in total. The number of thiophene rings is 1. The third kappa shape index (κ3) is 5.16. The van der Waals surface area contributed by atoms with Gasteiger partial charge in [-0.1, -0.05) is 36.0 Å². The summed E-state index contributed by atoms with van der Waals surface area (Å²) >= 11 is 3.06. The lowest BCUT2D eigenvalue weighted by Gasteiger charge is -2.32. The van der Waals surface area contributed by atoms with Crippen molar-refractivity contribution in [1.82, 2.24) is 25.0 Å². The van der Waals surface area contributed by atoms with Gasteiger partial charge in [0.1, 0.15) is 0 Å². The standard InChI is InChI=1S/C22H25N5O2S2/c1-2-27-20(18-9-6-14-30-18)24-25-22(27)31-15-19(28)26-12-10-17(11-13-26)23-21(29)16-7-4-3-5-8-16/h3-9,14,17H,2,10-13,15H2,1H3,(H,23,29). The maximum Gasteiger partial charge on any atom is 0.251 e. The molecule has 1 aliphatic heterocycles. The second-order valence-electron chi connectivity index (χ2n) is 7.31. The number of hydrogen-bond donors (Lipinski definition) is 1. The summed E-state index contributed by atoms with van der Waals surface area (Å²) < 4.78 is 2.05. The molecule has 0 radical (unpaired) electrons. The smallest absolute Gasteiger partial charge is 0.251 e. The first-order chi connectivity index (χ1) is 15.2. The Morgan fingerprint density at radius 1 is 1.13 bits per heavy atom. The zero-order valence-corrected chi connectivity index (χ0v) is 19.0. The topological polar surface area (TPSA) is 80.1 Å². The molecule has 0 spiro atoms. The number of amides is 2. The number of hydrogen-bond acceptors (Lipinski definition) is 6. The highest BCUT2D eigenvalue weighted by Gasteiger charge is 2.25. The van der Waals surface area contributed by atoms with Crippen LogP contribution in [-0.2, 0) is 11.3 Å². The van der Waals surface area contributed by atoms with Crippen LogP contribution in [0.1, 0.15) is 30.1 Å². The van der Waals surface area contributed by atoms with E-state index in [0.717, 1.165) is 35.2 Å². The van der Waals surface area contributed by atoms with E-state index < -0.39 is 0 Å². The first kappa shape index (κ1) is 21.6. The third-order valence-corrected chi connectivity index (χ3v) is 7.14. The van der Waals surface area contributed by atoms with Crippen LogP contribution in [0.25, 0.3) is 10.7 Å². The molecule has 0 bridgehead atoms. The molecular weight excluding hydrogens is 430 g/mol. The second-order valence-corrected chi connectivity index (χ2v) is 9.20. The number of carbonyl (C=O) groups is 2. The number of aromatic nitrogens is 3. The van der Waals surface area contributed by atoms with Gasteiger partial charge in [0.05, 0.1) is 10.6 Å². The monoisotopic (exact) mass is 455 g/mol. The highest BCUT2D eigenvalue weighted by molar-refractivity contribution is 7.99. The highest BCUT2D eigenvalue weighted by Crippen LogP contribution is 2.27. The number of carbonyl (C=O) groups excluding carboxylic acids is 2. The van der Waals surface area contributed by atoms with Gasteiger partial charge in [0.2, 0.25) is 5.91 Å². The number of nitrogens with one attached hydrogen (secondary N) is 1. The fourth-order valence-electron chi connectivity index (χ4n) is 3.62. The van der Waals surface area contributed by atoms with Crippen molar-refractivity contribution in [1.29, 1.82) is 0 Å². The van der Waals surface area contributed by atoms with Gasteiger partial charge in [0.25, 0.3) is 5.91 Å². The maximum absolute atomic E-state index is 12.7. The summed E-state index contributed by atoms with van der Waals surface area (Å²) in [6.07, 6.45) is 1.53. The Morgan fingerprint density at radius 3 is 2.58 bits per heavy atom. The van der Waals surface area contributed by atoms with Gasteiger partial charge < -0.3 is 14.8 Å². The molecule has 0 aliphatic carbocycles. The van der Waals surface area contributed by atoms with Crippen LogP contribution in [0.2, 0.25) is 0 Å². The molecule has 0 unspecified atom stereocenters. The molecule has 1 aliphatic rings. The second kappa shape index (κ2) is 10.1. The van der Waals surface area contributed by atoms with Crippen molar-refractivity contribution in [3.63, 3.8) is 0 Å². The number of piperidine rings is 1. The first-order valence-electron chi connectivity index (χ1n) is 10.4. The van der Waals surface area contributed by atoms with E-state index in [4.69, 9.17) is 0 Å². The molecule has 1 fully saturated rings. The summed E-state index contributed by atoms with van der Waals surface area (Å²) in [6.45, 7) is 4.12. The minimum atomic E-state index is -0.0543. The minimum absolute atomic E-state index is 0.0543. The molecule has 1 aromatic carbocycles. The van der Waals surface area contributed by atoms with Crippen LogP contribution in [0.4, 0.5) is 0 Å². The van der Waals surface area contributed by atoms with Crippen LogP contribution in [0, 0.1) is 0 Å². The molecule has 2 amide bonds. The van der Waals surface area contributed by atoms with Gasteiger partial charge in [-0.25, -0.2) is 0 Å². The number of nitrogens with zero attached hydrogens (tertiary/aromatic N) is 4. The summed E-state index contributed by atoms with van der Waals surface area (Å²) in [6, 6.07) is 13.4. The Labute approximate surface area is 189 Å². The molecule has 4 rings (SSSR count). The highest BCUT2D eigenvalue weighted by atomic mass is 32.2. The lowest BCUT2D eigenvalue weighted by atomic mass is 10.0. The molecule has 0 saturated carbocycles. The van der Waals surface area contributed by atoms with E-state index in [9.17, 15) is 9.59 Å². The Morgan fingerprint density at radius 2 is 1.90 bits per heavy atom. The Kier molecular flexibility index (Phi) is 7.03. The Balaban J connectivity index is 1.27. The van der Waals surface area contributed by atoms with Gasteiger partial charge in [-0.05, 0) is 43.3 Å². The quantitative estimate of drug-likeness (QED) is 0.551. The van der Waals surface area contributed by atoms with Crippen molar-refractivity contribution >= 4 is 34.9 Å². The third-order valence-electron chi connectivity index (χ3n) is 5.32. The average Bonchev–Trinajstić information content (AvgIpc) is 3.48. The summed E-state index contributed by atoms with van der Waals surface area (Å²) in [4.78, 5) is 28.0. The summed E-state index contributed by atoms with van der Waals surface area (Å²) in [5.41, 5.74) is 0.666. The van der Waals surface area contributed by atoms with Crippen molar-refractivity contribution in [3.8, 4) is 10.7 Å². The number of likely N-dealkylation sites (tertiary alicyclic amines) is 1. The van der Waals surface area contributed by atoms with Crippen LogP contribution < -0.4 is 5.32 Å². The van der Waals surface area contributed by atoms with Crippen LogP contribution in [0.15, 0.2) is 53.0 Å². The number of benzene rings is 1. The Bertz CT molecular complexity index is 1010. The van der Waals surface area contributed by atoms with E-state index >= 15 is 0 Å². The Hall–Kier alpha value is -2.65. The molecule has 3 heterocycles. The summed E-state index contributed by atoms with van der Waals surface area (Å²) in [5.74, 6) is 1.23. The van der Waals surface area contributed by atoms with Gasteiger partial charge >= 0.3 is 0 Å². The van der Waals surface area contributed by atoms with Gasteiger partial charge in [0.15, 0.2) is 11.0 Å². The molecule has 162 valence electrons. The molecular formula is C22H25N5O2S2. The van der Waals surface area contributed by atoms with Gasteiger partial charge in [-0.15, -0.1) is 21.5 Å². The summed E-state index contributed by atoms with van der Waals surface area (Å²) in [7, 11) is 0. The normalized spacial score (nSPS) is 14.5. The number of thioether (sulfide) groups is 1. The van der Waals surface area contributed by atoms with E-state index in [2.05, 4.69) is 27.0 Å². The van der Waals surface area contributed by atoms with Crippen molar-refractivity contribution in [3.05, 3.63) is 53.4 Å². The molecule has 3 aromatic rings. The summed E-state index contributed by atoms with van der Waals surface area (Å²) in [5, 5.41) is 14.5. The largest absolute Gasteiger partial charge is 0.349 e. The van der Waals surface area contributed by atoms with E-state index in [1.165, 1.54) is 11.8 Å². The average molecular weight is 456 g/mol. The van der Waals surface area contributed by atoms with Gasteiger partial charge in [-0.3, -0.25) is 9.59 Å². The molecule has 1 saturated heterocycles. The van der Waals surface area contributed by atoms with Gasteiger partial charge in [-0.2, -0.15) is 0 Å². The van der Waals surface area contributed by atoms with Crippen molar-refractivity contribution in [2.45, 2.75) is 37.5 Å². The van der Waals surface area contributed by atoms with Crippen molar-refractivity contribution in [2.75, 3.05) is 18.8 Å². The lowest BCUT2D eigenvalue weighted by Crippen LogP contribution is -2.47. The fraction of sp³-hybridized carbons (Fsp3) is 0.364. The van der Waals surface area contributed by atoms with Crippen LogP contribution in [0.3, 0.4) is 0 Å². The number of rotatable bonds is 7. The van der Waals surface area contributed by atoms with Crippen LogP contribution in [0.5, 0.6) is 0 Å². The minimum Gasteiger partial charge on any atom is -0.349 e. The molecule has 7 nitrogen and oxygen atoms in total. The van der Waals surface area contributed by atoms with E-state index in [1.807, 2.05) is 52.7 Å². The first-order valence-corrected chi connectivity index (χ1v) is 12.3. The molecule has 31 heavy (non-hydrogen) atoms. The molecule has 9 heteroatoms. The van der Waals surface area contributed by atoms with Crippen LogP contribution in [-0.4, -0.2) is 56.4 Å². The lowest BCUT2D eigenvalue weighted by molar-refractivity contribution is -0.129. The van der Waals surface area contributed by atoms with Gasteiger partial charge in [0, 0.05) is 31.2 Å². The van der Waals surface area contributed by atoms with E-state index in [-0.39, 0.29) is 17.9 Å². The predicted octanol–water partition coefficient (Wildman–Crippen LogP) is 3.54. The van der Waals surface area contributed by atoms with E-state index in [0.29, 0.717) is 24.4 Å². The fourth-order valence-corrected chi connectivity index (χ4v) is 5.24. The van der Waals surface area contributed by atoms with Crippen molar-refractivity contribution in [2.24, 2.45) is 0 Å². The maximum atomic E-state index is 12.7. The van der Waals surface area contributed by atoms with E-state index in [1.54, 1.807) is 11.3 Å². The van der Waals surface area contributed by atoms with Crippen LogP contribution >= 0.6 is 23.1 Å². The zero-order valence-electron chi connectivity index (χ0n) is 17.4. The SMILES string of the molecule is CCn1c(SCC(=O)N2CCC(NC(=O)c3ccccc3)CC2)nnc1-c1cccs1. The predicted molar refractivity (Wildman–Crippen MR) is 123 cm³/mol. The van der Waals surface area contributed by atoms with Crippen molar-refractivity contribution < 1.29 is 9.59 Å².